The van der Waals surface area contributed by atoms with Crippen LogP contribution in [-0.4, -0.2) is 29.0 Å². The third kappa shape index (κ3) is 4.19. The van der Waals surface area contributed by atoms with Crippen molar-refractivity contribution >= 4 is 23.3 Å². The molecule has 0 bridgehead atoms. The molecule has 1 aromatic heterocycles. The molecule has 3 aromatic rings. The van der Waals surface area contributed by atoms with Gasteiger partial charge in [-0.2, -0.15) is 0 Å². The van der Waals surface area contributed by atoms with E-state index in [1.165, 1.54) is 0 Å². The first-order valence-corrected chi connectivity index (χ1v) is 9.16. The van der Waals surface area contributed by atoms with Crippen LogP contribution in [0.1, 0.15) is 17.3 Å². The number of para-hydroxylation sites is 2. The molecule has 7 heteroatoms. The highest BCUT2D eigenvalue weighted by Crippen LogP contribution is 2.33. The van der Waals surface area contributed by atoms with Crippen LogP contribution in [0.2, 0.25) is 0 Å². The Morgan fingerprint density at radius 1 is 0.897 bits per heavy atom. The second-order valence-electron chi connectivity index (χ2n) is 6.55. The number of rotatable bonds is 4. The lowest BCUT2D eigenvalue weighted by Crippen LogP contribution is -2.46. The fourth-order valence-electron chi connectivity index (χ4n) is 2.98. The summed E-state index contributed by atoms with van der Waals surface area (Å²) in [5, 5.41) is 5.51. The molecule has 29 heavy (non-hydrogen) atoms. The number of aromatic nitrogens is 1. The fourth-order valence-corrected chi connectivity index (χ4v) is 2.98. The summed E-state index contributed by atoms with van der Waals surface area (Å²) in [4.78, 5) is 29.2. The van der Waals surface area contributed by atoms with Crippen LogP contribution in [0.3, 0.4) is 0 Å². The van der Waals surface area contributed by atoms with Gasteiger partial charge in [-0.15, -0.1) is 0 Å². The number of hydrogen-bond acceptors (Lipinski definition) is 5. The lowest BCUT2D eigenvalue weighted by molar-refractivity contribution is -0.128. The van der Waals surface area contributed by atoms with E-state index in [0.717, 1.165) is 0 Å². The first-order chi connectivity index (χ1) is 14.1. The van der Waals surface area contributed by atoms with Crippen LogP contribution in [0, 0.1) is 0 Å². The summed E-state index contributed by atoms with van der Waals surface area (Å²) in [5.74, 6) is 0.910. The number of pyridine rings is 1. The molecular weight excluding hydrogens is 370 g/mol. The molecule has 2 atom stereocenters. The van der Waals surface area contributed by atoms with Crippen LogP contribution in [0.4, 0.5) is 11.5 Å². The van der Waals surface area contributed by atoms with Gasteiger partial charge in [-0.05, 0) is 49.4 Å². The van der Waals surface area contributed by atoms with Gasteiger partial charge in [0.15, 0.2) is 11.5 Å². The summed E-state index contributed by atoms with van der Waals surface area (Å²) in [6.45, 7) is 1.77. The molecule has 0 unspecified atom stereocenters. The number of nitrogens with one attached hydrogen (secondary N) is 2. The molecule has 2 heterocycles. The Kier molecular flexibility index (Phi) is 5.11. The van der Waals surface area contributed by atoms with Crippen molar-refractivity contribution in [2.75, 3.05) is 10.6 Å². The van der Waals surface area contributed by atoms with Crippen molar-refractivity contribution in [1.29, 1.82) is 0 Å². The minimum absolute atomic E-state index is 0.320. The lowest BCUT2D eigenvalue weighted by Gasteiger charge is -2.31. The Labute approximate surface area is 167 Å². The van der Waals surface area contributed by atoms with E-state index in [2.05, 4.69) is 15.6 Å². The molecule has 7 nitrogen and oxygen atoms in total. The zero-order valence-electron chi connectivity index (χ0n) is 15.7. The SMILES string of the molecule is C[C@@H]1Oc2ccccc2O[C@@H]1C(=O)Nc1cccc(C(=O)Nc2ccccn2)c1. The van der Waals surface area contributed by atoms with E-state index in [-0.39, 0.29) is 11.8 Å². The second-order valence-corrected chi connectivity index (χ2v) is 6.55. The number of carbonyl (C=O) groups excluding carboxylic acids is 2. The van der Waals surface area contributed by atoms with Gasteiger partial charge in [0.05, 0.1) is 0 Å². The van der Waals surface area contributed by atoms with Crippen molar-refractivity contribution in [1.82, 2.24) is 4.98 Å². The second kappa shape index (κ2) is 8.02. The summed E-state index contributed by atoms with van der Waals surface area (Å²) >= 11 is 0. The first kappa shape index (κ1) is 18.5. The van der Waals surface area contributed by atoms with E-state index < -0.39 is 12.2 Å². The van der Waals surface area contributed by atoms with Crippen LogP contribution in [0.5, 0.6) is 11.5 Å². The van der Waals surface area contributed by atoms with Crippen molar-refractivity contribution in [3.63, 3.8) is 0 Å². The Morgan fingerprint density at radius 3 is 2.41 bits per heavy atom. The van der Waals surface area contributed by atoms with Crippen molar-refractivity contribution < 1.29 is 19.1 Å². The summed E-state index contributed by atoms with van der Waals surface area (Å²) in [5.41, 5.74) is 0.881. The topological polar surface area (TPSA) is 89.5 Å². The van der Waals surface area contributed by atoms with Gasteiger partial charge in [-0.25, -0.2) is 4.98 Å². The predicted molar refractivity (Wildman–Crippen MR) is 108 cm³/mol. The Morgan fingerprint density at radius 2 is 1.66 bits per heavy atom. The van der Waals surface area contributed by atoms with Gasteiger partial charge in [0.2, 0.25) is 6.10 Å². The molecule has 0 aliphatic carbocycles. The van der Waals surface area contributed by atoms with E-state index >= 15 is 0 Å². The van der Waals surface area contributed by atoms with E-state index in [0.29, 0.717) is 28.6 Å². The maximum absolute atomic E-state index is 12.7. The molecule has 0 fully saturated rings. The number of carbonyl (C=O) groups is 2. The third-order valence-corrected chi connectivity index (χ3v) is 4.40. The number of ether oxygens (including phenoxy) is 2. The molecule has 1 aliphatic heterocycles. The van der Waals surface area contributed by atoms with Crippen molar-refractivity contribution in [2.24, 2.45) is 0 Å². The summed E-state index contributed by atoms with van der Waals surface area (Å²) in [6.07, 6.45) is 0.328. The van der Waals surface area contributed by atoms with Gasteiger partial charge < -0.3 is 20.1 Å². The summed E-state index contributed by atoms with van der Waals surface area (Å²) in [7, 11) is 0. The minimum atomic E-state index is -0.809. The van der Waals surface area contributed by atoms with Crippen LogP contribution in [0.15, 0.2) is 72.9 Å². The van der Waals surface area contributed by atoms with E-state index in [4.69, 9.17) is 9.47 Å². The standard InChI is InChI=1S/C22H19N3O4/c1-14-20(29-18-10-3-2-9-17(18)28-14)22(27)24-16-8-6-7-15(13-16)21(26)25-19-11-4-5-12-23-19/h2-14,20H,1H3,(H,24,27)(H,23,25,26)/t14-,20-/m0/s1. The molecule has 1 aliphatic rings. The maximum atomic E-state index is 12.7. The molecule has 0 saturated carbocycles. The number of nitrogens with zero attached hydrogens (tertiary/aromatic N) is 1. The lowest BCUT2D eigenvalue weighted by atomic mass is 10.1. The molecule has 2 aromatic carbocycles. The number of fused-ring (bicyclic) bond motifs is 1. The molecule has 2 N–H and O–H groups in total. The predicted octanol–water partition coefficient (Wildman–Crippen LogP) is 3.50. The van der Waals surface area contributed by atoms with Crippen molar-refractivity contribution in [2.45, 2.75) is 19.1 Å². The van der Waals surface area contributed by atoms with E-state index in [1.807, 2.05) is 12.1 Å². The molecule has 4 rings (SSSR count). The third-order valence-electron chi connectivity index (χ3n) is 4.40. The van der Waals surface area contributed by atoms with Gasteiger partial charge in [0.1, 0.15) is 11.9 Å². The fraction of sp³-hybridized carbons (Fsp3) is 0.136. The Balaban J connectivity index is 1.45. The largest absolute Gasteiger partial charge is 0.482 e. The van der Waals surface area contributed by atoms with Crippen LogP contribution in [-0.2, 0) is 4.79 Å². The quantitative estimate of drug-likeness (QED) is 0.713. The minimum Gasteiger partial charge on any atom is -0.482 e. The van der Waals surface area contributed by atoms with E-state index in [9.17, 15) is 9.59 Å². The summed E-state index contributed by atoms with van der Waals surface area (Å²) < 4.78 is 11.6. The highest BCUT2D eigenvalue weighted by atomic mass is 16.6. The highest BCUT2D eigenvalue weighted by Gasteiger charge is 2.34. The van der Waals surface area contributed by atoms with E-state index in [1.54, 1.807) is 67.7 Å². The number of benzene rings is 2. The summed E-state index contributed by atoms with van der Waals surface area (Å²) in [6, 6.07) is 19.1. The monoisotopic (exact) mass is 389 g/mol. The highest BCUT2D eigenvalue weighted by molar-refractivity contribution is 6.05. The normalized spacial score (nSPS) is 17.3. The zero-order chi connectivity index (χ0) is 20.2. The van der Waals surface area contributed by atoms with Gasteiger partial charge in [0.25, 0.3) is 11.8 Å². The average molecular weight is 389 g/mol. The number of anilines is 2. The molecule has 0 radical (unpaired) electrons. The number of hydrogen-bond donors (Lipinski definition) is 2. The van der Waals surface area contributed by atoms with Gasteiger partial charge in [-0.3, -0.25) is 9.59 Å². The van der Waals surface area contributed by atoms with Crippen molar-refractivity contribution in [3.05, 3.63) is 78.5 Å². The van der Waals surface area contributed by atoms with Crippen LogP contribution in [0.25, 0.3) is 0 Å². The molecule has 0 spiro atoms. The van der Waals surface area contributed by atoms with Crippen molar-refractivity contribution in [3.8, 4) is 11.5 Å². The molecule has 146 valence electrons. The number of amides is 2. The van der Waals surface area contributed by atoms with Crippen LogP contribution >= 0.6 is 0 Å². The van der Waals surface area contributed by atoms with Crippen LogP contribution < -0.4 is 20.1 Å². The van der Waals surface area contributed by atoms with Gasteiger partial charge >= 0.3 is 0 Å². The molecule has 2 amide bonds. The Hall–Kier alpha value is -3.87. The van der Waals surface area contributed by atoms with Gasteiger partial charge in [-0.1, -0.05) is 24.3 Å². The first-order valence-electron chi connectivity index (χ1n) is 9.16. The molecule has 0 saturated heterocycles. The smallest absolute Gasteiger partial charge is 0.269 e. The molecular formula is C22H19N3O4. The zero-order valence-corrected chi connectivity index (χ0v) is 15.7. The Bertz CT molecular complexity index is 1040. The average Bonchev–Trinajstić information content (AvgIpc) is 2.74. The maximum Gasteiger partial charge on any atom is 0.269 e. The van der Waals surface area contributed by atoms with Gasteiger partial charge in [0, 0.05) is 17.4 Å².